The third kappa shape index (κ3) is 7.26. The van der Waals surface area contributed by atoms with Crippen molar-refractivity contribution in [1.82, 2.24) is 9.13 Å². The molecule has 0 atom stereocenters. The number of aromatic nitrogens is 2. The summed E-state index contributed by atoms with van der Waals surface area (Å²) in [5.74, 6) is 0. The summed E-state index contributed by atoms with van der Waals surface area (Å²) in [4.78, 5) is 4.82. The highest BCUT2D eigenvalue weighted by Crippen LogP contribution is 2.46. The van der Waals surface area contributed by atoms with Gasteiger partial charge in [-0.25, -0.2) is 0 Å². The topological polar surface area (TPSA) is 16.3 Å². The second kappa shape index (κ2) is 17.5. The van der Waals surface area contributed by atoms with Gasteiger partial charge in [0.25, 0.3) is 0 Å². The maximum absolute atomic E-state index is 2.44. The summed E-state index contributed by atoms with van der Waals surface area (Å²) in [5.41, 5.74) is 19.7. The van der Waals surface area contributed by atoms with Crippen LogP contribution in [0.2, 0.25) is 0 Å². The molecule has 0 radical (unpaired) electrons. The molecule has 0 saturated carbocycles. The first kappa shape index (κ1) is 41.1. The van der Waals surface area contributed by atoms with Gasteiger partial charge in [-0.3, -0.25) is 0 Å². The maximum atomic E-state index is 2.44. The van der Waals surface area contributed by atoms with Crippen molar-refractivity contribution in [3.63, 3.8) is 0 Å². The fourth-order valence-electron chi connectivity index (χ4n) is 10.7. The lowest BCUT2D eigenvalue weighted by atomic mass is 9.99. The Balaban J connectivity index is 1.02. The molecule has 0 saturated heterocycles. The first-order valence-corrected chi connectivity index (χ1v) is 24.2. The van der Waals surface area contributed by atoms with Gasteiger partial charge in [0.05, 0.1) is 16.6 Å². The minimum atomic E-state index is 0.998. The number of hydrogen-bond donors (Lipinski definition) is 0. The fourth-order valence-corrected chi connectivity index (χ4v) is 10.7. The lowest BCUT2D eigenvalue weighted by Crippen LogP contribution is -2.13. The first-order chi connectivity index (χ1) is 34.7. The first-order valence-electron chi connectivity index (χ1n) is 24.2. The Morgan fingerprint density at radius 2 is 0.800 bits per heavy atom. The molecule has 0 fully saturated rings. The maximum Gasteiger partial charge on any atom is 0.0541 e. The lowest BCUT2D eigenvalue weighted by Gasteiger charge is -2.30. The summed E-state index contributed by atoms with van der Waals surface area (Å²) in [7, 11) is 0. The SMILES string of the molecule is C1=Cc2c(c3cc(N(c4ccccc4)c4cc(-c5ccc6c(c5)c5ccccc5n6-c5ccc(-c6ccccc6)cc5)cc(N(c5ccccc5)c5ccccc5)c4)ccc3n2-c2ccccc2)CC1. The van der Waals surface area contributed by atoms with E-state index in [2.05, 4.69) is 286 Å². The highest BCUT2D eigenvalue weighted by atomic mass is 15.2. The van der Waals surface area contributed by atoms with Crippen molar-refractivity contribution < 1.29 is 0 Å². The van der Waals surface area contributed by atoms with E-state index in [4.69, 9.17) is 0 Å². The molecule has 1 aliphatic rings. The Morgan fingerprint density at radius 1 is 0.300 bits per heavy atom. The second-order valence-electron chi connectivity index (χ2n) is 18.1. The van der Waals surface area contributed by atoms with E-state index < -0.39 is 0 Å². The van der Waals surface area contributed by atoms with Gasteiger partial charge in [-0.15, -0.1) is 0 Å². The number of benzene rings is 10. The Kier molecular flexibility index (Phi) is 10.3. The van der Waals surface area contributed by atoms with Crippen LogP contribution >= 0.6 is 0 Å². The summed E-state index contributed by atoms with van der Waals surface area (Å²) in [6.07, 6.45) is 6.65. The number of allylic oxidation sites excluding steroid dienone is 1. The molecule has 0 bridgehead atoms. The van der Waals surface area contributed by atoms with Crippen LogP contribution in [0.5, 0.6) is 0 Å². The zero-order valence-corrected chi connectivity index (χ0v) is 38.6. The van der Waals surface area contributed by atoms with Crippen LogP contribution in [-0.2, 0) is 6.42 Å². The third-order valence-corrected chi connectivity index (χ3v) is 13.9. The van der Waals surface area contributed by atoms with E-state index in [1.807, 2.05) is 0 Å². The lowest BCUT2D eigenvalue weighted by molar-refractivity contribution is 0.967. The molecule has 13 rings (SSSR count). The zero-order valence-electron chi connectivity index (χ0n) is 38.6. The number of fused-ring (bicyclic) bond motifs is 6. The number of anilines is 6. The monoisotopic (exact) mass is 896 g/mol. The second-order valence-corrected chi connectivity index (χ2v) is 18.1. The highest BCUT2D eigenvalue weighted by molar-refractivity contribution is 6.10. The smallest absolute Gasteiger partial charge is 0.0541 e. The van der Waals surface area contributed by atoms with Crippen LogP contribution in [0.15, 0.2) is 261 Å². The van der Waals surface area contributed by atoms with Crippen molar-refractivity contribution in [2.45, 2.75) is 12.8 Å². The van der Waals surface area contributed by atoms with Crippen LogP contribution in [0.25, 0.3) is 72.4 Å². The van der Waals surface area contributed by atoms with Crippen molar-refractivity contribution in [2.24, 2.45) is 0 Å². The Bertz CT molecular complexity index is 3810. The molecular weight excluding hydrogens is 849 g/mol. The summed E-state index contributed by atoms with van der Waals surface area (Å²) in [5, 5.41) is 3.71. The molecule has 4 heteroatoms. The fraction of sp³-hybridized carbons (Fsp3) is 0.0303. The molecule has 10 aromatic carbocycles. The summed E-state index contributed by atoms with van der Waals surface area (Å²) in [6.45, 7) is 0. The van der Waals surface area contributed by atoms with Crippen molar-refractivity contribution in [3.8, 4) is 33.6 Å². The highest BCUT2D eigenvalue weighted by Gasteiger charge is 2.24. The minimum absolute atomic E-state index is 0.998. The van der Waals surface area contributed by atoms with Crippen LogP contribution < -0.4 is 9.80 Å². The molecule has 0 unspecified atom stereocenters. The average molecular weight is 897 g/mol. The molecule has 2 heterocycles. The summed E-state index contributed by atoms with van der Waals surface area (Å²) < 4.78 is 4.84. The molecule has 332 valence electrons. The van der Waals surface area contributed by atoms with Crippen LogP contribution in [0.1, 0.15) is 17.7 Å². The van der Waals surface area contributed by atoms with E-state index in [-0.39, 0.29) is 0 Å². The van der Waals surface area contributed by atoms with Gasteiger partial charge in [-0.2, -0.15) is 0 Å². The summed E-state index contributed by atoms with van der Waals surface area (Å²) >= 11 is 0. The van der Waals surface area contributed by atoms with Crippen LogP contribution in [0, 0.1) is 0 Å². The predicted molar refractivity (Wildman–Crippen MR) is 295 cm³/mol. The third-order valence-electron chi connectivity index (χ3n) is 13.9. The van der Waals surface area contributed by atoms with Gasteiger partial charge in [0, 0.05) is 67.4 Å². The quantitative estimate of drug-likeness (QED) is 0.136. The van der Waals surface area contributed by atoms with Crippen molar-refractivity contribution in [3.05, 3.63) is 272 Å². The van der Waals surface area contributed by atoms with Crippen LogP contribution in [0.4, 0.5) is 34.1 Å². The largest absolute Gasteiger partial charge is 0.310 e. The Morgan fingerprint density at radius 3 is 1.46 bits per heavy atom. The molecule has 2 aromatic heterocycles. The predicted octanol–water partition coefficient (Wildman–Crippen LogP) is 18.0. The number of para-hydroxylation sites is 5. The molecule has 0 spiro atoms. The molecule has 1 aliphatic carbocycles. The normalized spacial score (nSPS) is 12.1. The van der Waals surface area contributed by atoms with Crippen LogP contribution in [0.3, 0.4) is 0 Å². The number of hydrogen-bond acceptors (Lipinski definition) is 2. The molecule has 0 N–H and O–H groups in total. The van der Waals surface area contributed by atoms with Gasteiger partial charge in [0.15, 0.2) is 0 Å². The van der Waals surface area contributed by atoms with Gasteiger partial charge >= 0.3 is 0 Å². The van der Waals surface area contributed by atoms with Gasteiger partial charge in [0.2, 0.25) is 0 Å². The Labute approximate surface area is 408 Å². The number of nitrogens with zero attached hydrogens (tertiary/aromatic N) is 4. The molecular formula is C66H48N4. The van der Waals surface area contributed by atoms with Gasteiger partial charge < -0.3 is 18.9 Å². The minimum Gasteiger partial charge on any atom is -0.310 e. The van der Waals surface area contributed by atoms with E-state index in [1.165, 1.54) is 60.8 Å². The van der Waals surface area contributed by atoms with E-state index in [0.29, 0.717) is 0 Å². The molecule has 4 nitrogen and oxygen atoms in total. The van der Waals surface area contributed by atoms with Crippen molar-refractivity contribution >= 4 is 72.9 Å². The molecule has 12 aromatic rings. The van der Waals surface area contributed by atoms with Gasteiger partial charge in [-0.1, -0.05) is 146 Å². The van der Waals surface area contributed by atoms with Gasteiger partial charge in [-0.05, 0) is 162 Å². The Hall–Kier alpha value is -9.12. The number of aryl methyl sites for hydroxylation is 1. The van der Waals surface area contributed by atoms with Crippen molar-refractivity contribution in [2.75, 3.05) is 9.80 Å². The molecule has 0 amide bonds. The van der Waals surface area contributed by atoms with E-state index in [1.54, 1.807) is 0 Å². The van der Waals surface area contributed by atoms with E-state index >= 15 is 0 Å². The van der Waals surface area contributed by atoms with E-state index in [9.17, 15) is 0 Å². The molecule has 70 heavy (non-hydrogen) atoms. The van der Waals surface area contributed by atoms with E-state index in [0.717, 1.165) is 63.8 Å². The van der Waals surface area contributed by atoms with Crippen molar-refractivity contribution in [1.29, 1.82) is 0 Å². The average Bonchev–Trinajstić information content (AvgIpc) is 3.95. The zero-order chi connectivity index (χ0) is 46.4. The number of rotatable bonds is 10. The summed E-state index contributed by atoms with van der Waals surface area (Å²) in [6, 6.07) is 92.6. The standard InChI is InChI=1S/C66H48N4/c1-6-20-47(21-7-1)48-34-37-55(38-35-48)70-63-32-18-16-30-59(63)61-44-49(36-40-65(61)70)50-42-57(67(51-22-8-2-9-23-51)52-24-10-3-11-25-52)45-58(43-50)68(53-26-12-4-13-27-53)56-39-41-66-62(46-56)60-31-17-19-33-64(60)69(66)54-28-14-5-15-29-54/h1-16,18-30,32-46H,17,31H2. The molecule has 0 aliphatic heterocycles. The van der Waals surface area contributed by atoms with Crippen LogP contribution in [-0.4, -0.2) is 9.13 Å². The van der Waals surface area contributed by atoms with Gasteiger partial charge in [0.1, 0.15) is 0 Å².